The van der Waals surface area contributed by atoms with Gasteiger partial charge in [0, 0.05) is 27.9 Å². The molecule has 9 aromatic carbocycles. The van der Waals surface area contributed by atoms with Crippen LogP contribution in [0.25, 0.3) is 33.4 Å². The van der Waals surface area contributed by atoms with Crippen LogP contribution in [0, 0.1) is 0 Å². The maximum Gasteiger partial charge on any atom is 0.0713 e. The Balaban J connectivity index is 1.11. The summed E-state index contributed by atoms with van der Waals surface area (Å²) in [6.45, 7) is 7.17. The molecule has 12 rings (SSSR count). The minimum atomic E-state index is -0.460. The highest BCUT2D eigenvalue weighted by atomic mass is 15.1. The first-order valence-electron chi connectivity index (χ1n) is 21.6. The summed E-state index contributed by atoms with van der Waals surface area (Å²) in [5, 5.41) is 0. The van der Waals surface area contributed by atoms with Gasteiger partial charge in [-0.15, -0.1) is 0 Å². The van der Waals surface area contributed by atoms with Gasteiger partial charge in [0.2, 0.25) is 0 Å². The monoisotopic (exact) mass is 779 g/mol. The fourth-order valence-corrected chi connectivity index (χ4v) is 11.6. The predicted octanol–water partition coefficient (Wildman–Crippen LogP) is 15.2. The van der Waals surface area contributed by atoms with Crippen LogP contribution in [0.15, 0.2) is 218 Å². The molecule has 0 fully saturated rings. The zero-order valence-electron chi connectivity index (χ0n) is 34.7. The largest absolute Gasteiger partial charge is 0.310 e. The van der Waals surface area contributed by atoms with Crippen LogP contribution in [0.3, 0.4) is 0 Å². The van der Waals surface area contributed by atoms with Crippen molar-refractivity contribution in [2.24, 2.45) is 0 Å². The van der Waals surface area contributed by atoms with Gasteiger partial charge in [0.1, 0.15) is 0 Å². The molecule has 9 aromatic rings. The van der Waals surface area contributed by atoms with E-state index in [9.17, 15) is 0 Å². The van der Waals surface area contributed by atoms with Crippen LogP contribution in [-0.2, 0) is 16.2 Å². The third kappa shape index (κ3) is 4.89. The summed E-state index contributed by atoms with van der Waals surface area (Å²) in [4.78, 5) is 2.52. The molecule has 0 N–H and O–H groups in total. The Labute approximate surface area is 359 Å². The van der Waals surface area contributed by atoms with Crippen LogP contribution < -0.4 is 4.90 Å². The molecular weight excluding hydrogens is 735 g/mol. The molecule has 0 spiro atoms. The highest BCUT2D eigenvalue weighted by molar-refractivity contribution is 5.93. The average Bonchev–Trinajstić information content (AvgIpc) is 3.86. The standard InChI is InChI=1S/C60H45N/c1-58(2)52-28-16-13-25-46(52)49-34-31-44(38-56(49)58)61(45-32-35-50-47-26-14-17-29-53(47)59(3,57(50)39-45)40-19-7-4-8-20-40)43-33-36-55-51(37-43)48-27-15-18-30-54(48)60(55,41-21-9-5-10-22-41)42-23-11-6-12-24-42/h4-39H,1-3H3. The van der Waals surface area contributed by atoms with Gasteiger partial charge < -0.3 is 4.90 Å². The molecule has 1 unspecified atom stereocenters. The van der Waals surface area contributed by atoms with E-state index in [1.165, 1.54) is 83.5 Å². The molecule has 290 valence electrons. The van der Waals surface area contributed by atoms with Crippen molar-refractivity contribution in [2.45, 2.75) is 37.0 Å². The molecule has 0 aliphatic heterocycles. The molecule has 0 aromatic heterocycles. The van der Waals surface area contributed by atoms with Crippen LogP contribution in [0.5, 0.6) is 0 Å². The average molecular weight is 780 g/mol. The van der Waals surface area contributed by atoms with Gasteiger partial charge in [0.25, 0.3) is 0 Å². The first-order chi connectivity index (χ1) is 29.9. The highest BCUT2D eigenvalue weighted by Gasteiger charge is 2.47. The zero-order valence-corrected chi connectivity index (χ0v) is 34.7. The normalized spacial score (nSPS) is 16.8. The quantitative estimate of drug-likeness (QED) is 0.162. The van der Waals surface area contributed by atoms with Crippen molar-refractivity contribution in [2.75, 3.05) is 4.90 Å². The van der Waals surface area contributed by atoms with Gasteiger partial charge in [-0.2, -0.15) is 0 Å². The Morgan fingerprint density at radius 1 is 0.279 bits per heavy atom. The van der Waals surface area contributed by atoms with Crippen LogP contribution >= 0.6 is 0 Å². The summed E-state index contributed by atoms with van der Waals surface area (Å²) in [6.07, 6.45) is 0. The van der Waals surface area contributed by atoms with Crippen molar-refractivity contribution >= 4 is 17.1 Å². The van der Waals surface area contributed by atoms with Crippen LogP contribution in [0.2, 0.25) is 0 Å². The van der Waals surface area contributed by atoms with Crippen molar-refractivity contribution < 1.29 is 0 Å². The second-order valence-corrected chi connectivity index (χ2v) is 17.8. The van der Waals surface area contributed by atoms with E-state index in [1.807, 2.05) is 0 Å². The Hall–Kier alpha value is -7.22. The fraction of sp³-hybridized carbons (Fsp3) is 0.100. The first kappa shape index (κ1) is 35.7. The lowest BCUT2D eigenvalue weighted by molar-refractivity contribution is 0.660. The van der Waals surface area contributed by atoms with Gasteiger partial charge >= 0.3 is 0 Å². The summed E-state index contributed by atoms with van der Waals surface area (Å²) in [5.41, 5.74) is 22.2. The lowest BCUT2D eigenvalue weighted by Crippen LogP contribution is -2.28. The third-order valence-corrected chi connectivity index (χ3v) is 14.4. The number of benzene rings is 9. The van der Waals surface area contributed by atoms with Gasteiger partial charge in [-0.3, -0.25) is 0 Å². The molecule has 0 heterocycles. The molecule has 0 radical (unpaired) electrons. The van der Waals surface area contributed by atoms with E-state index < -0.39 is 5.41 Å². The lowest BCUT2D eigenvalue weighted by atomic mass is 9.68. The summed E-state index contributed by atoms with van der Waals surface area (Å²) in [6, 6.07) is 81.8. The molecule has 0 amide bonds. The second kappa shape index (κ2) is 13.1. The van der Waals surface area contributed by atoms with Crippen molar-refractivity contribution in [1.29, 1.82) is 0 Å². The number of fused-ring (bicyclic) bond motifs is 9. The van der Waals surface area contributed by atoms with Gasteiger partial charge in [-0.1, -0.05) is 196 Å². The maximum absolute atomic E-state index is 2.52. The van der Waals surface area contributed by atoms with Crippen molar-refractivity contribution in [3.8, 4) is 33.4 Å². The zero-order chi connectivity index (χ0) is 40.9. The molecule has 0 saturated carbocycles. The molecule has 0 saturated heterocycles. The topological polar surface area (TPSA) is 3.24 Å². The molecule has 1 heteroatoms. The summed E-state index contributed by atoms with van der Waals surface area (Å²) >= 11 is 0. The summed E-state index contributed by atoms with van der Waals surface area (Å²) in [7, 11) is 0. The third-order valence-electron chi connectivity index (χ3n) is 14.4. The molecule has 0 bridgehead atoms. The molecule has 3 aliphatic rings. The van der Waals surface area contributed by atoms with E-state index in [2.05, 4.69) is 244 Å². The molecule has 3 aliphatic carbocycles. The van der Waals surface area contributed by atoms with E-state index in [1.54, 1.807) is 0 Å². The van der Waals surface area contributed by atoms with Gasteiger partial charge in [0.15, 0.2) is 0 Å². The molecule has 1 nitrogen and oxygen atoms in total. The fourth-order valence-electron chi connectivity index (χ4n) is 11.6. The van der Waals surface area contributed by atoms with E-state index in [4.69, 9.17) is 0 Å². The smallest absolute Gasteiger partial charge is 0.0713 e. The summed E-state index contributed by atoms with van der Waals surface area (Å²) in [5.74, 6) is 0. The van der Waals surface area contributed by atoms with Gasteiger partial charge in [-0.25, -0.2) is 0 Å². The van der Waals surface area contributed by atoms with Crippen LogP contribution in [0.4, 0.5) is 17.1 Å². The van der Waals surface area contributed by atoms with E-state index >= 15 is 0 Å². The van der Waals surface area contributed by atoms with Gasteiger partial charge in [-0.05, 0) is 127 Å². The summed E-state index contributed by atoms with van der Waals surface area (Å²) < 4.78 is 0. The van der Waals surface area contributed by atoms with E-state index in [-0.39, 0.29) is 10.8 Å². The first-order valence-corrected chi connectivity index (χ1v) is 21.6. The Bertz CT molecular complexity index is 3140. The molecule has 61 heavy (non-hydrogen) atoms. The van der Waals surface area contributed by atoms with Crippen LogP contribution in [-0.4, -0.2) is 0 Å². The van der Waals surface area contributed by atoms with E-state index in [0.717, 1.165) is 17.1 Å². The second-order valence-electron chi connectivity index (χ2n) is 17.8. The Kier molecular flexibility index (Phi) is 7.69. The maximum atomic E-state index is 2.52. The minimum Gasteiger partial charge on any atom is -0.310 e. The number of rotatable bonds is 6. The lowest BCUT2D eigenvalue weighted by Gasteiger charge is -2.34. The SMILES string of the molecule is CC1(C)c2ccccc2-c2ccc(N(c3ccc4c(c3)-c3ccccc3C4(c3ccccc3)c3ccccc3)c3ccc4c(c3)C(C)(c3ccccc3)c3ccccc3-4)cc21. The van der Waals surface area contributed by atoms with E-state index in [0.29, 0.717) is 0 Å². The highest BCUT2D eigenvalue weighted by Crippen LogP contribution is 2.59. The minimum absolute atomic E-state index is 0.138. The molecule has 1 atom stereocenters. The number of anilines is 3. The van der Waals surface area contributed by atoms with Crippen molar-refractivity contribution in [1.82, 2.24) is 0 Å². The van der Waals surface area contributed by atoms with Crippen LogP contribution in [0.1, 0.15) is 70.8 Å². The van der Waals surface area contributed by atoms with Gasteiger partial charge in [0.05, 0.1) is 5.41 Å². The number of hydrogen-bond acceptors (Lipinski definition) is 1. The van der Waals surface area contributed by atoms with Crippen molar-refractivity contribution in [3.63, 3.8) is 0 Å². The van der Waals surface area contributed by atoms with Crippen molar-refractivity contribution in [3.05, 3.63) is 268 Å². The Morgan fingerprint density at radius 3 is 1.28 bits per heavy atom. The number of nitrogens with zero attached hydrogens (tertiary/aromatic N) is 1. The number of hydrogen-bond donors (Lipinski definition) is 0. The predicted molar refractivity (Wildman–Crippen MR) is 253 cm³/mol. The molecular formula is C60H45N. The Morgan fingerprint density at radius 2 is 0.672 bits per heavy atom.